The lowest BCUT2D eigenvalue weighted by Gasteiger charge is -2.10. The van der Waals surface area contributed by atoms with Gasteiger partial charge in [0.1, 0.15) is 5.01 Å². The molecular formula is C43H27N3S. The molecule has 3 nitrogen and oxygen atoms in total. The molecule has 0 unspecified atom stereocenters. The van der Waals surface area contributed by atoms with Crippen molar-refractivity contribution in [2.75, 3.05) is 0 Å². The second-order valence-electron chi connectivity index (χ2n) is 12.0. The standard InChI is InChI=1S/C43H27N3S/c1-2-12-31(13-3-1)45-38-18-7-4-15-33(38)35-26-28(21-23-40(35)45)29-22-24-41-36(27-29)34-16-5-8-19-39(34)46(41)32-14-10-11-30(25-32)43-44-37-17-6-9-20-42(37)47-43/h1-27H. The smallest absolute Gasteiger partial charge is 0.124 e. The van der Waals surface area contributed by atoms with E-state index < -0.39 is 0 Å². The van der Waals surface area contributed by atoms with Gasteiger partial charge in [-0.25, -0.2) is 4.98 Å². The molecule has 220 valence electrons. The zero-order chi connectivity index (χ0) is 30.9. The summed E-state index contributed by atoms with van der Waals surface area (Å²) in [6.45, 7) is 0. The van der Waals surface area contributed by atoms with Crippen LogP contribution in [-0.4, -0.2) is 14.1 Å². The predicted molar refractivity (Wildman–Crippen MR) is 199 cm³/mol. The van der Waals surface area contributed by atoms with E-state index >= 15 is 0 Å². The molecule has 0 saturated heterocycles. The lowest BCUT2D eigenvalue weighted by atomic mass is 10.0. The van der Waals surface area contributed by atoms with Gasteiger partial charge in [-0.2, -0.15) is 0 Å². The minimum atomic E-state index is 1.04. The Hall–Kier alpha value is -5.97. The van der Waals surface area contributed by atoms with Crippen LogP contribution in [0.2, 0.25) is 0 Å². The number of hydrogen-bond acceptors (Lipinski definition) is 2. The van der Waals surface area contributed by atoms with Crippen LogP contribution in [0.5, 0.6) is 0 Å². The molecule has 0 radical (unpaired) electrons. The highest BCUT2D eigenvalue weighted by atomic mass is 32.1. The number of hydrogen-bond donors (Lipinski definition) is 0. The van der Waals surface area contributed by atoms with Crippen molar-refractivity contribution in [3.63, 3.8) is 0 Å². The fraction of sp³-hybridized carbons (Fsp3) is 0. The molecule has 0 aliphatic carbocycles. The molecule has 4 heteroatoms. The fourth-order valence-electron chi connectivity index (χ4n) is 7.21. The maximum absolute atomic E-state index is 4.94. The molecule has 0 bridgehead atoms. The van der Waals surface area contributed by atoms with E-state index in [1.807, 2.05) is 0 Å². The molecule has 47 heavy (non-hydrogen) atoms. The molecule has 0 N–H and O–H groups in total. The molecule has 0 atom stereocenters. The van der Waals surface area contributed by atoms with Crippen molar-refractivity contribution in [1.82, 2.24) is 14.1 Å². The van der Waals surface area contributed by atoms with Crippen molar-refractivity contribution in [2.45, 2.75) is 0 Å². The Morgan fingerprint density at radius 3 is 1.62 bits per heavy atom. The summed E-state index contributed by atoms with van der Waals surface area (Å²) in [7, 11) is 0. The summed E-state index contributed by atoms with van der Waals surface area (Å²) >= 11 is 1.74. The third-order valence-electron chi connectivity index (χ3n) is 9.34. The lowest BCUT2D eigenvalue weighted by molar-refractivity contribution is 1.18. The van der Waals surface area contributed by atoms with Crippen LogP contribution in [0.25, 0.3) is 86.9 Å². The summed E-state index contributed by atoms with van der Waals surface area (Å²) in [5.41, 5.74) is 11.7. The van der Waals surface area contributed by atoms with E-state index in [-0.39, 0.29) is 0 Å². The summed E-state index contributed by atoms with van der Waals surface area (Å²) in [6, 6.07) is 59.1. The summed E-state index contributed by atoms with van der Waals surface area (Å²) in [4.78, 5) is 4.94. The zero-order valence-electron chi connectivity index (χ0n) is 25.3. The summed E-state index contributed by atoms with van der Waals surface area (Å²) in [5, 5.41) is 6.06. The van der Waals surface area contributed by atoms with E-state index in [4.69, 9.17) is 4.98 Å². The van der Waals surface area contributed by atoms with Gasteiger partial charge in [-0.05, 0) is 83.9 Å². The average Bonchev–Trinajstić information content (AvgIpc) is 3.82. The van der Waals surface area contributed by atoms with Gasteiger partial charge < -0.3 is 9.13 Å². The van der Waals surface area contributed by atoms with Gasteiger partial charge in [-0.15, -0.1) is 11.3 Å². The summed E-state index contributed by atoms with van der Waals surface area (Å²) in [5.74, 6) is 0. The van der Waals surface area contributed by atoms with Crippen molar-refractivity contribution in [3.8, 4) is 33.1 Å². The summed E-state index contributed by atoms with van der Waals surface area (Å²) in [6.07, 6.45) is 0. The Balaban J connectivity index is 1.13. The number of rotatable bonds is 4. The maximum atomic E-state index is 4.94. The van der Waals surface area contributed by atoms with Gasteiger partial charge >= 0.3 is 0 Å². The third-order valence-corrected chi connectivity index (χ3v) is 10.4. The molecule has 3 heterocycles. The van der Waals surface area contributed by atoms with E-state index in [0.717, 1.165) is 21.8 Å². The summed E-state index contributed by atoms with van der Waals surface area (Å²) < 4.78 is 5.97. The molecule has 0 fully saturated rings. The molecule has 10 aromatic rings. The van der Waals surface area contributed by atoms with E-state index in [1.165, 1.54) is 65.1 Å². The Bertz CT molecular complexity index is 2770. The second-order valence-corrected chi connectivity index (χ2v) is 13.1. The quantitative estimate of drug-likeness (QED) is 0.193. The van der Waals surface area contributed by atoms with Gasteiger partial charge in [0.15, 0.2) is 0 Å². The van der Waals surface area contributed by atoms with Gasteiger partial charge in [0.05, 0.1) is 32.3 Å². The molecule has 0 aliphatic rings. The minimum Gasteiger partial charge on any atom is -0.309 e. The lowest BCUT2D eigenvalue weighted by Crippen LogP contribution is -1.94. The largest absolute Gasteiger partial charge is 0.309 e. The van der Waals surface area contributed by atoms with Crippen LogP contribution in [0.1, 0.15) is 0 Å². The van der Waals surface area contributed by atoms with E-state index in [2.05, 4.69) is 173 Å². The number of benzene rings is 7. The maximum Gasteiger partial charge on any atom is 0.124 e. The number of aromatic nitrogens is 3. The van der Waals surface area contributed by atoms with Crippen LogP contribution >= 0.6 is 11.3 Å². The Kier molecular flexibility index (Phi) is 5.74. The van der Waals surface area contributed by atoms with Crippen LogP contribution in [0.4, 0.5) is 0 Å². The van der Waals surface area contributed by atoms with Gasteiger partial charge in [-0.1, -0.05) is 91.0 Å². The van der Waals surface area contributed by atoms with Crippen molar-refractivity contribution < 1.29 is 0 Å². The molecule has 7 aromatic carbocycles. The SMILES string of the molecule is c1ccc(-n2c3ccccc3c3cc(-c4ccc5c(c4)c4ccccc4n5-c4cccc(-c5nc6ccccc6s5)c4)ccc32)cc1. The second kappa shape index (κ2) is 10.3. The average molecular weight is 618 g/mol. The van der Waals surface area contributed by atoms with Crippen LogP contribution < -0.4 is 0 Å². The molecule has 0 spiro atoms. The first-order valence-corrected chi connectivity index (χ1v) is 16.7. The number of fused-ring (bicyclic) bond motifs is 7. The molecule has 10 rings (SSSR count). The van der Waals surface area contributed by atoms with E-state index in [9.17, 15) is 0 Å². The van der Waals surface area contributed by atoms with Crippen LogP contribution in [0.15, 0.2) is 164 Å². The Labute approximate surface area is 275 Å². The van der Waals surface area contributed by atoms with Gasteiger partial charge in [0.25, 0.3) is 0 Å². The Morgan fingerprint density at radius 1 is 0.383 bits per heavy atom. The molecule has 0 amide bonds. The molecular weight excluding hydrogens is 591 g/mol. The molecule has 0 aliphatic heterocycles. The fourth-order valence-corrected chi connectivity index (χ4v) is 8.17. The van der Waals surface area contributed by atoms with E-state index in [0.29, 0.717) is 0 Å². The first-order chi connectivity index (χ1) is 23.3. The van der Waals surface area contributed by atoms with Crippen LogP contribution in [0.3, 0.4) is 0 Å². The highest BCUT2D eigenvalue weighted by molar-refractivity contribution is 7.21. The first-order valence-electron chi connectivity index (χ1n) is 15.9. The van der Waals surface area contributed by atoms with Crippen molar-refractivity contribution in [1.29, 1.82) is 0 Å². The monoisotopic (exact) mass is 617 g/mol. The number of para-hydroxylation sites is 4. The number of thiazole rings is 1. The van der Waals surface area contributed by atoms with Gasteiger partial charge in [0, 0.05) is 38.5 Å². The zero-order valence-corrected chi connectivity index (χ0v) is 26.2. The van der Waals surface area contributed by atoms with E-state index in [1.54, 1.807) is 11.3 Å². The van der Waals surface area contributed by atoms with Crippen LogP contribution in [0, 0.1) is 0 Å². The van der Waals surface area contributed by atoms with Gasteiger partial charge in [-0.3, -0.25) is 0 Å². The van der Waals surface area contributed by atoms with Gasteiger partial charge in [0.2, 0.25) is 0 Å². The molecule has 3 aromatic heterocycles. The normalized spacial score (nSPS) is 11.8. The molecule has 0 saturated carbocycles. The van der Waals surface area contributed by atoms with Crippen molar-refractivity contribution >= 4 is 65.2 Å². The van der Waals surface area contributed by atoms with Crippen LogP contribution in [-0.2, 0) is 0 Å². The third kappa shape index (κ3) is 4.09. The topological polar surface area (TPSA) is 22.8 Å². The predicted octanol–water partition coefficient (Wildman–Crippen LogP) is 11.8. The number of nitrogens with zero attached hydrogens (tertiary/aromatic N) is 3. The highest BCUT2D eigenvalue weighted by Gasteiger charge is 2.16. The van der Waals surface area contributed by atoms with Crippen molar-refractivity contribution in [2.24, 2.45) is 0 Å². The van der Waals surface area contributed by atoms with Crippen molar-refractivity contribution in [3.05, 3.63) is 164 Å². The minimum absolute atomic E-state index is 1.04. The first kappa shape index (κ1) is 26.3. The Morgan fingerprint density at radius 2 is 0.936 bits per heavy atom. The highest BCUT2D eigenvalue weighted by Crippen LogP contribution is 2.39.